The van der Waals surface area contributed by atoms with Crippen molar-refractivity contribution in [2.45, 2.75) is 19.4 Å². The molecule has 1 aromatic rings. The molecule has 0 aliphatic carbocycles. The largest absolute Gasteiger partial charge is 0.314 e. The summed E-state index contributed by atoms with van der Waals surface area (Å²) in [7, 11) is 0. The lowest BCUT2D eigenvalue weighted by molar-refractivity contribution is 0.157. The molecule has 0 saturated carbocycles. The summed E-state index contributed by atoms with van der Waals surface area (Å²) in [5.74, 6) is -0.196. The van der Waals surface area contributed by atoms with Crippen LogP contribution in [0.1, 0.15) is 23.6 Å². The highest BCUT2D eigenvalue weighted by Gasteiger charge is 2.22. The molecule has 0 radical (unpaired) electrons. The number of piperazine rings is 1. The van der Waals surface area contributed by atoms with Gasteiger partial charge < -0.3 is 5.32 Å². The van der Waals surface area contributed by atoms with E-state index >= 15 is 0 Å². The SMILES string of the molecule is Cc1cc([C@@H](CCF)N2CCNCC2)ccc1F. The van der Waals surface area contributed by atoms with Crippen molar-refractivity contribution in [3.8, 4) is 0 Å². The highest BCUT2D eigenvalue weighted by molar-refractivity contribution is 5.26. The van der Waals surface area contributed by atoms with Gasteiger partial charge in [0.05, 0.1) is 6.67 Å². The third-order valence-corrected chi connectivity index (χ3v) is 3.54. The molecule has 0 amide bonds. The second-order valence-corrected chi connectivity index (χ2v) is 4.79. The summed E-state index contributed by atoms with van der Waals surface area (Å²) in [5, 5.41) is 3.29. The molecule has 0 bridgehead atoms. The lowest BCUT2D eigenvalue weighted by atomic mass is 9.99. The zero-order chi connectivity index (χ0) is 13.0. The number of aryl methyl sites for hydroxylation is 1. The molecule has 1 aliphatic heterocycles. The molecule has 0 aromatic heterocycles. The standard InChI is InChI=1S/C14H20F2N2/c1-11-10-12(2-3-13(11)16)14(4-5-15)18-8-6-17-7-9-18/h2-3,10,14,17H,4-9H2,1H3/t14-/m1/s1. The first-order chi connectivity index (χ1) is 8.72. The molecule has 18 heavy (non-hydrogen) atoms. The fraction of sp³-hybridized carbons (Fsp3) is 0.571. The van der Waals surface area contributed by atoms with Crippen molar-refractivity contribution in [2.75, 3.05) is 32.9 Å². The molecule has 0 unspecified atom stereocenters. The van der Waals surface area contributed by atoms with Gasteiger partial charge in [0.1, 0.15) is 5.82 Å². The van der Waals surface area contributed by atoms with E-state index in [9.17, 15) is 8.78 Å². The van der Waals surface area contributed by atoms with Gasteiger partial charge in [-0.15, -0.1) is 0 Å². The topological polar surface area (TPSA) is 15.3 Å². The van der Waals surface area contributed by atoms with E-state index < -0.39 is 0 Å². The Hall–Kier alpha value is -1.00. The summed E-state index contributed by atoms with van der Waals surface area (Å²) in [6.07, 6.45) is 0.477. The highest BCUT2D eigenvalue weighted by atomic mass is 19.1. The van der Waals surface area contributed by atoms with E-state index in [2.05, 4.69) is 10.2 Å². The van der Waals surface area contributed by atoms with Gasteiger partial charge in [-0.25, -0.2) is 4.39 Å². The van der Waals surface area contributed by atoms with Crippen molar-refractivity contribution in [1.82, 2.24) is 10.2 Å². The normalized spacial score (nSPS) is 18.8. The van der Waals surface area contributed by atoms with Crippen LogP contribution in [0.5, 0.6) is 0 Å². The predicted octanol–water partition coefficient (Wildman–Crippen LogP) is 2.44. The number of hydrogen-bond donors (Lipinski definition) is 1. The van der Waals surface area contributed by atoms with Gasteiger partial charge in [-0.2, -0.15) is 0 Å². The highest BCUT2D eigenvalue weighted by Crippen LogP contribution is 2.26. The summed E-state index contributed by atoms with van der Waals surface area (Å²) in [5.41, 5.74) is 1.65. The minimum Gasteiger partial charge on any atom is -0.314 e. The molecule has 1 saturated heterocycles. The molecule has 0 spiro atoms. The van der Waals surface area contributed by atoms with Crippen molar-refractivity contribution < 1.29 is 8.78 Å². The van der Waals surface area contributed by atoms with E-state index in [4.69, 9.17) is 0 Å². The predicted molar refractivity (Wildman–Crippen MR) is 68.9 cm³/mol. The van der Waals surface area contributed by atoms with Gasteiger partial charge >= 0.3 is 0 Å². The van der Waals surface area contributed by atoms with Crippen LogP contribution in [0.15, 0.2) is 18.2 Å². The average Bonchev–Trinajstić information content (AvgIpc) is 2.40. The van der Waals surface area contributed by atoms with Crippen LogP contribution in [0.3, 0.4) is 0 Å². The third-order valence-electron chi connectivity index (χ3n) is 3.54. The minimum atomic E-state index is -0.342. The molecule has 100 valence electrons. The molecule has 1 aliphatic rings. The van der Waals surface area contributed by atoms with E-state index in [0.717, 1.165) is 31.7 Å². The lowest BCUT2D eigenvalue weighted by Gasteiger charge is -2.35. The molecular formula is C14H20F2N2. The Morgan fingerprint density at radius 2 is 2.06 bits per heavy atom. The van der Waals surface area contributed by atoms with Crippen molar-refractivity contribution in [3.05, 3.63) is 35.1 Å². The summed E-state index contributed by atoms with van der Waals surface area (Å²) >= 11 is 0. The Morgan fingerprint density at radius 3 is 2.67 bits per heavy atom. The van der Waals surface area contributed by atoms with Crippen molar-refractivity contribution >= 4 is 0 Å². The van der Waals surface area contributed by atoms with E-state index in [1.165, 1.54) is 6.07 Å². The van der Waals surface area contributed by atoms with Crippen LogP contribution in [0, 0.1) is 12.7 Å². The molecule has 1 atom stereocenters. The first-order valence-electron chi connectivity index (χ1n) is 6.49. The van der Waals surface area contributed by atoms with Gasteiger partial charge in [0.2, 0.25) is 0 Å². The molecule has 4 heteroatoms. The maximum Gasteiger partial charge on any atom is 0.126 e. The zero-order valence-electron chi connectivity index (χ0n) is 10.8. The quantitative estimate of drug-likeness (QED) is 0.888. The van der Waals surface area contributed by atoms with Crippen molar-refractivity contribution in [2.24, 2.45) is 0 Å². The number of benzene rings is 1. The molecule has 1 heterocycles. The van der Waals surface area contributed by atoms with Crippen LogP contribution in [-0.2, 0) is 0 Å². The zero-order valence-corrected chi connectivity index (χ0v) is 10.8. The minimum absolute atomic E-state index is 0.0661. The number of hydrogen-bond acceptors (Lipinski definition) is 2. The molecule has 2 rings (SSSR count). The second-order valence-electron chi connectivity index (χ2n) is 4.79. The van der Waals surface area contributed by atoms with Crippen molar-refractivity contribution in [1.29, 1.82) is 0 Å². The fourth-order valence-electron chi connectivity index (χ4n) is 2.53. The maximum atomic E-state index is 13.3. The summed E-state index contributed by atoms with van der Waals surface area (Å²) < 4.78 is 26.0. The maximum absolute atomic E-state index is 13.3. The first-order valence-corrected chi connectivity index (χ1v) is 6.49. The number of alkyl halides is 1. The van der Waals surface area contributed by atoms with E-state index in [1.54, 1.807) is 13.0 Å². The van der Waals surface area contributed by atoms with Crippen LogP contribution < -0.4 is 5.32 Å². The van der Waals surface area contributed by atoms with Gasteiger partial charge in [-0.05, 0) is 30.5 Å². The fourth-order valence-corrected chi connectivity index (χ4v) is 2.53. The smallest absolute Gasteiger partial charge is 0.126 e. The number of rotatable bonds is 4. The average molecular weight is 254 g/mol. The van der Waals surface area contributed by atoms with Crippen LogP contribution in [-0.4, -0.2) is 37.8 Å². The summed E-state index contributed by atoms with van der Waals surface area (Å²) in [6.45, 7) is 5.11. The van der Waals surface area contributed by atoms with E-state index in [1.807, 2.05) is 6.07 Å². The number of nitrogens with one attached hydrogen (secondary N) is 1. The molecule has 1 aromatic carbocycles. The van der Waals surface area contributed by atoms with Gasteiger partial charge in [-0.1, -0.05) is 12.1 Å². The third kappa shape index (κ3) is 3.06. The van der Waals surface area contributed by atoms with Gasteiger partial charge in [0.25, 0.3) is 0 Å². The van der Waals surface area contributed by atoms with Crippen molar-refractivity contribution in [3.63, 3.8) is 0 Å². The molecule has 2 nitrogen and oxygen atoms in total. The monoisotopic (exact) mass is 254 g/mol. The van der Waals surface area contributed by atoms with E-state index in [-0.39, 0.29) is 18.5 Å². The number of nitrogens with zero attached hydrogens (tertiary/aromatic N) is 1. The van der Waals surface area contributed by atoms with Crippen LogP contribution in [0.2, 0.25) is 0 Å². The Morgan fingerprint density at radius 1 is 1.33 bits per heavy atom. The second kappa shape index (κ2) is 6.25. The van der Waals surface area contributed by atoms with E-state index in [0.29, 0.717) is 12.0 Å². The van der Waals surface area contributed by atoms with Crippen LogP contribution >= 0.6 is 0 Å². The Balaban J connectivity index is 2.19. The van der Waals surface area contributed by atoms with Gasteiger partial charge in [0, 0.05) is 32.2 Å². The Kier molecular flexibility index (Phi) is 4.66. The molecule has 1 N–H and O–H groups in total. The Labute approximate surface area is 107 Å². The van der Waals surface area contributed by atoms with Crippen LogP contribution in [0.4, 0.5) is 8.78 Å². The number of halogens is 2. The van der Waals surface area contributed by atoms with Gasteiger partial charge in [-0.3, -0.25) is 9.29 Å². The lowest BCUT2D eigenvalue weighted by Crippen LogP contribution is -2.45. The first kappa shape index (κ1) is 13.4. The van der Waals surface area contributed by atoms with Crippen LogP contribution in [0.25, 0.3) is 0 Å². The molecule has 1 fully saturated rings. The Bertz CT molecular complexity index is 389. The summed E-state index contributed by atoms with van der Waals surface area (Å²) in [4.78, 5) is 2.28. The van der Waals surface area contributed by atoms with Gasteiger partial charge in [0.15, 0.2) is 0 Å². The molecular weight excluding hydrogens is 234 g/mol. The summed E-state index contributed by atoms with van der Waals surface area (Å²) in [6, 6.07) is 5.18.